The lowest BCUT2D eigenvalue weighted by atomic mass is 10.1. The first-order valence-electron chi connectivity index (χ1n) is 9.96. The van der Waals surface area contributed by atoms with Crippen LogP contribution in [-0.2, 0) is 16.2 Å². The second-order valence-corrected chi connectivity index (χ2v) is 7.09. The molecule has 2 unspecified atom stereocenters. The Balaban J connectivity index is 1.44. The van der Waals surface area contributed by atoms with E-state index in [0.717, 1.165) is 22.4 Å². The minimum atomic E-state index is -0.502. The van der Waals surface area contributed by atoms with Crippen molar-refractivity contribution in [2.75, 3.05) is 5.06 Å². The highest BCUT2D eigenvalue weighted by Crippen LogP contribution is 2.26. The quantitative estimate of drug-likeness (QED) is 0.590. The van der Waals surface area contributed by atoms with Gasteiger partial charge in [-0.3, -0.25) is 10.2 Å². The van der Waals surface area contributed by atoms with E-state index in [2.05, 4.69) is 17.4 Å². The number of benzene rings is 3. The number of ether oxygens (including phenoxy) is 1. The minimum absolute atomic E-state index is 0.0998. The van der Waals surface area contributed by atoms with E-state index in [0.29, 0.717) is 0 Å². The minimum Gasteiger partial charge on any atom is -0.445 e. The summed E-state index contributed by atoms with van der Waals surface area (Å²) in [7, 11) is 0. The van der Waals surface area contributed by atoms with Gasteiger partial charge in [0, 0.05) is 0 Å². The van der Waals surface area contributed by atoms with Crippen LogP contribution < -0.4 is 10.4 Å². The monoisotopic (exact) mass is 400 g/mol. The number of alkyl carbamates (subject to hydrolysis) is 1. The van der Waals surface area contributed by atoms with Gasteiger partial charge in [0.2, 0.25) is 0 Å². The zero-order valence-electron chi connectivity index (χ0n) is 16.8. The van der Waals surface area contributed by atoms with Crippen molar-refractivity contribution in [2.24, 2.45) is 0 Å². The number of carbonyl (C=O) groups excluding carboxylic acids is 1. The first kappa shape index (κ1) is 19.7. The zero-order valence-corrected chi connectivity index (χ0v) is 16.8. The van der Waals surface area contributed by atoms with Crippen LogP contribution in [0.4, 0.5) is 10.5 Å². The van der Waals surface area contributed by atoms with E-state index < -0.39 is 12.3 Å². The fourth-order valence-corrected chi connectivity index (χ4v) is 3.26. The molecule has 0 fully saturated rings. The van der Waals surface area contributed by atoms with E-state index in [1.54, 1.807) is 5.06 Å². The number of hydroxylamine groups is 1. The lowest BCUT2D eigenvalue weighted by Crippen LogP contribution is -2.50. The van der Waals surface area contributed by atoms with Gasteiger partial charge in [0.05, 0.1) is 5.69 Å². The van der Waals surface area contributed by atoms with Crippen molar-refractivity contribution >= 4 is 11.8 Å². The number of nitrogens with zero attached hydrogens (tertiary/aromatic N) is 1. The third-order valence-electron chi connectivity index (χ3n) is 4.80. The van der Waals surface area contributed by atoms with E-state index in [1.807, 2.05) is 91.9 Å². The molecule has 152 valence electrons. The maximum Gasteiger partial charge on any atom is 0.409 e. The molecule has 1 heterocycles. The van der Waals surface area contributed by atoms with Gasteiger partial charge >= 0.3 is 6.09 Å². The Labute approximate surface area is 176 Å². The topological polar surface area (TPSA) is 50.8 Å². The molecule has 2 atom stereocenters. The lowest BCUT2D eigenvalue weighted by Gasteiger charge is -2.35. The number of amides is 1. The highest BCUT2D eigenvalue weighted by atomic mass is 16.7. The summed E-state index contributed by atoms with van der Waals surface area (Å²) in [6.45, 7) is 2.16. The van der Waals surface area contributed by atoms with Gasteiger partial charge < -0.3 is 4.74 Å². The van der Waals surface area contributed by atoms with E-state index in [1.165, 1.54) is 0 Å². The second-order valence-electron chi connectivity index (χ2n) is 7.09. The first-order valence-corrected chi connectivity index (χ1v) is 9.96. The van der Waals surface area contributed by atoms with Crippen LogP contribution in [0.2, 0.25) is 0 Å². The summed E-state index contributed by atoms with van der Waals surface area (Å²) in [5.74, 6) is 0. The summed E-state index contributed by atoms with van der Waals surface area (Å²) in [5, 5.41) is 4.56. The third kappa shape index (κ3) is 4.88. The molecule has 0 saturated heterocycles. The lowest BCUT2D eigenvalue weighted by molar-refractivity contribution is 0.0430. The van der Waals surface area contributed by atoms with Gasteiger partial charge in [0.15, 0.2) is 0 Å². The Hall–Kier alpha value is -3.57. The molecule has 0 aliphatic carbocycles. The van der Waals surface area contributed by atoms with Gasteiger partial charge in [0.25, 0.3) is 0 Å². The van der Waals surface area contributed by atoms with Crippen LogP contribution in [-0.4, -0.2) is 18.4 Å². The van der Waals surface area contributed by atoms with Crippen LogP contribution >= 0.6 is 0 Å². The Bertz CT molecular complexity index is 988. The molecule has 3 aromatic carbocycles. The summed E-state index contributed by atoms with van der Waals surface area (Å²) in [4.78, 5) is 18.3. The Morgan fingerprint density at radius 1 is 0.900 bits per heavy atom. The number of nitrogens with one attached hydrogen (secondary N) is 1. The molecule has 4 rings (SSSR count). The maximum absolute atomic E-state index is 12.3. The summed E-state index contributed by atoms with van der Waals surface area (Å²) < 4.78 is 5.35. The SMILES string of the molecule is CC1C=CC(NC(=O)OCc2ccccc2)N(c2ccc(-c3ccccc3)cc2)O1. The molecule has 1 N–H and O–H groups in total. The van der Waals surface area contributed by atoms with Crippen LogP contribution in [0.15, 0.2) is 97.1 Å². The van der Waals surface area contributed by atoms with Gasteiger partial charge in [-0.1, -0.05) is 78.9 Å². The molecule has 0 bridgehead atoms. The number of carbonyl (C=O) groups is 1. The van der Waals surface area contributed by atoms with Crippen LogP contribution in [0.25, 0.3) is 11.1 Å². The molecule has 0 saturated carbocycles. The Morgan fingerprint density at radius 2 is 1.53 bits per heavy atom. The molecular formula is C25H24N2O3. The van der Waals surface area contributed by atoms with Crippen LogP contribution in [0, 0.1) is 0 Å². The normalized spacial score (nSPS) is 18.1. The van der Waals surface area contributed by atoms with Gasteiger partial charge in [-0.05, 0) is 41.8 Å². The van der Waals surface area contributed by atoms with Crippen molar-refractivity contribution in [3.8, 4) is 11.1 Å². The summed E-state index contributed by atoms with van der Waals surface area (Å²) in [6.07, 6.45) is 2.75. The molecule has 30 heavy (non-hydrogen) atoms. The standard InChI is InChI=1S/C25H24N2O3/c1-19-12-17-24(26-25(28)29-18-20-8-4-2-5-9-20)27(30-19)23-15-13-22(14-16-23)21-10-6-3-7-11-21/h2-17,19,24H,18H2,1H3,(H,26,28). The number of hydrogen-bond acceptors (Lipinski definition) is 4. The van der Waals surface area contributed by atoms with Crippen LogP contribution in [0.3, 0.4) is 0 Å². The largest absolute Gasteiger partial charge is 0.445 e. The van der Waals surface area contributed by atoms with E-state index >= 15 is 0 Å². The Kier molecular flexibility index (Phi) is 6.11. The van der Waals surface area contributed by atoms with Crippen molar-refractivity contribution in [3.05, 3.63) is 103 Å². The molecule has 0 spiro atoms. The average molecular weight is 400 g/mol. The van der Waals surface area contributed by atoms with E-state index in [4.69, 9.17) is 9.57 Å². The van der Waals surface area contributed by atoms with Crippen molar-refractivity contribution < 1.29 is 14.4 Å². The number of hydrogen-bond donors (Lipinski definition) is 1. The number of anilines is 1. The highest BCUT2D eigenvalue weighted by molar-refractivity contribution is 5.69. The molecule has 5 nitrogen and oxygen atoms in total. The predicted octanol–water partition coefficient (Wildman–Crippen LogP) is 5.30. The zero-order chi connectivity index (χ0) is 20.8. The van der Waals surface area contributed by atoms with Crippen LogP contribution in [0.1, 0.15) is 12.5 Å². The average Bonchev–Trinajstić information content (AvgIpc) is 2.80. The third-order valence-corrected chi connectivity index (χ3v) is 4.80. The smallest absolute Gasteiger partial charge is 0.409 e. The van der Waals surface area contributed by atoms with Crippen LogP contribution in [0.5, 0.6) is 0 Å². The molecular weight excluding hydrogens is 376 g/mol. The predicted molar refractivity (Wildman–Crippen MR) is 118 cm³/mol. The van der Waals surface area contributed by atoms with Gasteiger partial charge in [-0.2, -0.15) is 0 Å². The van der Waals surface area contributed by atoms with Gasteiger partial charge in [0.1, 0.15) is 18.9 Å². The first-order chi connectivity index (χ1) is 14.7. The highest BCUT2D eigenvalue weighted by Gasteiger charge is 2.25. The summed E-state index contributed by atoms with van der Waals surface area (Å²) >= 11 is 0. The van der Waals surface area contributed by atoms with E-state index in [9.17, 15) is 4.79 Å². The maximum atomic E-state index is 12.3. The molecule has 1 aliphatic heterocycles. The van der Waals surface area contributed by atoms with Gasteiger partial charge in [-0.25, -0.2) is 9.86 Å². The molecule has 3 aromatic rings. The second kappa shape index (κ2) is 9.29. The Morgan fingerprint density at radius 3 is 2.23 bits per heavy atom. The van der Waals surface area contributed by atoms with Crippen molar-refractivity contribution in [2.45, 2.75) is 25.8 Å². The van der Waals surface area contributed by atoms with Crippen molar-refractivity contribution in [1.29, 1.82) is 0 Å². The van der Waals surface area contributed by atoms with Crippen molar-refractivity contribution in [3.63, 3.8) is 0 Å². The summed E-state index contributed by atoms with van der Waals surface area (Å²) in [6, 6.07) is 27.8. The molecule has 0 radical (unpaired) electrons. The van der Waals surface area contributed by atoms with E-state index in [-0.39, 0.29) is 12.7 Å². The summed E-state index contributed by atoms with van der Waals surface area (Å²) in [5.41, 5.74) is 4.05. The van der Waals surface area contributed by atoms with Gasteiger partial charge in [-0.15, -0.1) is 0 Å². The molecule has 1 amide bonds. The molecule has 0 aromatic heterocycles. The fraction of sp³-hybridized carbons (Fsp3) is 0.160. The molecule has 1 aliphatic rings. The number of rotatable bonds is 5. The fourth-order valence-electron chi connectivity index (χ4n) is 3.26. The van der Waals surface area contributed by atoms with Crippen molar-refractivity contribution in [1.82, 2.24) is 5.32 Å². The molecule has 5 heteroatoms.